The van der Waals surface area contributed by atoms with Crippen molar-refractivity contribution in [1.29, 1.82) is 0 Å². The van der Waals surface area contributed by atoms with Gasteiger partial charge in [-0.1, -0.05) is 13.3 Å². The van der Waals surface area contributed by atoms with E-state index in [9.17, 15) is 4.79 Å². The molecule has 2 aliphatic carbocycles. The van der Waals surface area contributed by atoms with E-state index in [0.29, 0.717) is 30.3 Å². The average molecular weight is 239 g/mol. The standard InChI is InChI=1S/C13H25N3O/c1-2-11(15)13(17)16-12-8-4-3-5-9(12)7-10(14)6-8/h8-12H,2-7,14-15H2,1H3,(H,16,17)/t8?,9?,10?,11-,12?/m0/s1. The van der Waals surface area contributed by atoms with Crippen molar-refractivity contribution < 1.29 is 4.79 Å². The van der Waals surface area contributed by atoms with E-state index in [1.54, 1.807) is 0 Å². The van der Waals surface area contributed by atoms with Crippen molar-refractivity contribution in [3.05, 3.63) is 0 Å². The summed E-state index contributed by atoms with van der Waals surface area (Å²) in [6.07, 6.45) is 6.51. The summed E-state index contributed by atoms with van der Waals surface area (Å²) < 4.78 is 0. The third-order valence-corrected chi connectivity index (χ3v) is 4.46. The van der Waals surface area contributed by atoms with Crippen molar-refractivity contribution in [2.75, 3.05) is 0 Å². The molecule has 0 aliphatic heterocycles. The van der Waals surface area contributed by atoms with Crippen LogP contribution in [0, 0.1) is 11.8 Å². The van der Waals surface area contributed by atoms with Gasteiger partial charge in [-0.25, -0.2) is 0 Å². The fraction of sp³-hybridized carbons (Fsp3) is 0.923. The maximum absolute atomic E-state index is 11.9. The van der Waals surface area contributed by atoms with E-state index in [0.717, 1.165) is 12.8 Å². The summed E-state index contributed by atoms with van der Waals surface area (Å²) >= 11 is 0. The van der Waals surface area contributed by atoms with Crippen LogP contribution in [0.4, 0.5) is 0 Å². The molecule has 17 heavy (non-hydrogen) atoms. The van der Waals surface area contributed by atoms with Crippen LogP contribution in [0.1, 0.15) is 45.4 Å². The second-order valence-corrected chi connectivity index (χ2v) is 5.73. The van der Waals surface area contributed by atoms with E-state index < -0.39 is 0 Å². The highest BCUT2D eigenvalue weighted by atomic mass is 16.2. The minimum Gasteiger partial charge on any atom is -0.351 e. The molecule has 0 aromatic heterocycles. The zero-order valence-corrected chi connectivity index (χ0v) is 10.7. The number of nitrogens with one attached hydrogen (secondary N) is 1. The predicted octanol–water partition coefficient (Wildman–Crippen LogP) is 0.746. The number of hydrogen-bond acceptors (Lipinski definition) is 3. The Bertz CT molecular complexity index is 268. The lowest BCUT2D eigenvalue weighted by atomic mass is 9.67. The van der Waals surface area contributed by atoms with E-state index in [4.69, 9.17) is 11.5 Å². The van der Waals surface area contributed by atoms with Crippen LogP contribution in [0.5, 0.6) is 0 Å². The van der Waals surface area contributed by atoms with E-state index in [-0.39, 0.29) is 11.9 Å². The Hall–Kier alpha value is -0.610. The SMILES string of the molecule is CC[C@H](N)C(=O)NC1C2CCCC1CC(N)C2. The summed E-state index contributed by atoms with van der Waals surface area (Å²) in [7, 11) is 0. The Morgan fingerprint density at radius 2 is 1.94 bits per heavy atom. The molecule has 1 amide bonds. The highest BCUT2D eigenvalue weighted by Gasteiger charge is 2.40. The Balaban J connectivity index is 1.98. The molecule has 5 N–H and O–H groups in total. The summed E-state index contributed by atoms with van der Waals surface area (Å²) in [6.45, 7) is 1.95. The van der Waals surface area contributed by atoms with Gasteiger partial charge in [0.2, 0.25) is 5.91 Å². The number of nitrogens with two attached hydrogens (primary N) is 2. The first kappa shape index (κ1) is 12.8. The molecule has 0 heterocycles. The zero-order chi connectivity index (χ0) is 12.4. The predicted molar refractivity (Wildman–Crippen MR) is 68.2 cm³/mol. The van der Waals surface area contributed by atoms with Crippen LogP contribution < -0.4 is 16.8 Å². The third kappa shape index (κ3) is 2.80. The van der Waals surface area contributed by atoms with Gasteiger partial charge < -0.3 is 16.8 Å². The molecule has 0 aromatic rings. The van der Waals surface area contributed by atoms with Gasteiger partial charge >= 0.3 is 0 Å². The fourth-order valence-electron chi connectivity index (χ4n) is 3.48. The van der Waals surface area contributed by atoms with Gasteiger partial charge in [-0.2, -0.15) is 0 Å². The van der Waals surface area contributed by atoms with Crippen LogP contribution in [0.2, 0.25) is 0 Å². The number of carbonyl (C=O) groups is 1. The van der Waals surface area contributed by atoms with E-state index in [1.807, 2.05) is 6.92 Å². The second kappa shape index (κ2) is 5.36. The first-order valence-corrected chi connectivity index (χ1v) is 6.93. The monoisotopic (exact) mass is 239 g/mol. The molecule has 2 fully saturated rings. The molecule has 98 valence electrons. The first-order valence-electron chi connectivity index (χ1n) is 6.93. The van der Waals surface area contributed by atoms with Crippen LogP contribution in [0.3, 0.4) is 0 Å². The quantitative estimate of drug-likeness (QED) is 0.679. The van der Waals surface area contributed by atoms with Crippen molar-refractivity contribution in [2.45, 2.75) is 63.6 Å². The van der Waals surface area contributed by atoms with Crippen molar-refractivity contribution in [1.82, 2.24) is 5.32 Å². The van der Waals surface area contributed by atoms with Gasteiger partial charge in [0.1, 0.15) is 0 Å². The van der Waals surface area contributed by atoms with Crippen LogP contribution in [-0.2, 0) is 4.79 Å². The summed E-state index contributed by atoms with van der Waals surface area (Å²) in [6, 6.07) is 0.304. The highest BCUT2D eigenvalue weighted by Crippen LogP contribution is 2.39. The molecule has 2 rings (SSSR count). The Kier molecular flexibility index (Phi) is 4.05. The molecular weight excluding hydrogens is 214 g/mol. The smallest absolute Gasteiger partial charge is 0.237 e. The van der Waals surface area contributed by atoms with Gasteiger partial charge in [-0.15, -0.1) is 0 Å². The minimum absolute atomic E-state index is 0.0184. The summed E-state index contributed by atoms with van der Waals surface area (Å²) in [4.78, 5) is 11.9. The lowest BCUT2D eigenvalue weighted by molar-refractivity contribution is -0.124. The summed E-state index contributed by atoms with van der Waals surface area (Å²) in [5.74, 6) is 1.17. The first-order chi connectivity index (χ1) is 8.11. The number of rotatable bonds is 3. The van der Waals surface area contributed by atoms with E-state index >= 15 is 0 Å². The van der Waals surface area contributed by atoms with Gasteiger partial charge in [0.05, 0.1) is 6.04 Å². The lowest BCUT2D eigenvalue weighted by Crippen LogP contribution is -2.56. The molecule has 3 atom stereocenters. The molecule has 4 nitrogen and oxygen atoms in total. The van der Waals surface area contributed by atoms with Crippen LogP contribution in [0.15, 0.2) is 0 Å². The van der Waals surface area contributed by atoms with Gasteiger partial charge in [0, 0.05) is 12.1 Å². The molecule has 0 saturated heterocycles. The van der Waals surface area contributed by atoms with Gasteiger partial charge in [0.15, 0.2) is 0 Å². The molecule has 0 aromatic carbocycles. The van der Waals surface area contributed by atoms with Gasteiger partial charge in [-0.05, 0) is 43.9 Å². The van der Waals surface area contributed by atoms with Crippen LogP contribution in [-0.4, -0.2) is 24.0 Å². The zero-order valence-electron chi connectivity index (χ0n) is 10.7. The molecule has 2 saturated carbocycles. The maximum Gasteiger partial charge on any atom is 0.237 e. The Morgan fingerprint density at radius 1 is 1.35 bits per heavy atom. The van der Waals surface area contributed by atoms with Gasteiger partial charge in [-0.3, -0.25) is 4.79 Å². The summed E-state index contributed by atoms with van der Waals surface area (Å²) in [5, 5.41) is 3.17. The minimum atomic E-state index is -0.355. The van der Waals surface area contributed by atoms with Crippen molar-refractivity contribution in [3.8, 4) is 0 Å². The number of hydrogen-bond donors (Lipinski definition) is 3. The fourth-order valence-corrected chi connectivity index (χ4v) is 3.48. The number of amides is 1. The summed E-state index contributed by atoms with van der Waals surface area (Å²) in [5.41, 5.74) is 11.8. The molecule has 0 radical (unpaired) electrons. The third-order valence-electron chi connectivity index (χ3n) is 4.46. The molecule has 2 unspecified atom stereocenters. The maximum atomic E-state index is 11.9. The highest BCUT2D eigenvalue weighted by molar-refractivity contribution is 5.81. The average Bonchev–Trinajstić information content (AvgIpc) is 2.29. The van der Waals surface area contributed by atoms with Crippen molar-refractivity contribution in [2.24, 2.45) is 23.3 Å². The normalized spacial score (nSPS) is 38.5. The Morgan fingerprint density at radius 3 is 2.47 bits per heavy atom. The van der Waals surface area contributed by atoms with Crippen LogP contribution in [0.25, 0.3) is 0 Å². The van der Waals surface area contributed by atoms with E-state index in [1.165, 1.54) is 19.3 Å². The molecule has 2 bridgehead atoms. The Labute approximate surface area is 103 Å². The van der Waals surface area contributed by atoms with Crippen molar-refractivity contribution >= 4 is 5.91 Å². The lowest BCUT2D eigenvalue weighted by Gasteiger charge is -2.45. The topological polar surface area (TPSA) is 81.1 Å². The molecule has 2 aliphatic rings. The largest absolute Gasteiger partial charge is 0.351 e. The van der Waals surface area contributed by atoms with Crippen LogP contribution >= 0.6 is 0 Å². The second-order valence-electron chi connectivity index (χ2n) is 5.73. The molecule has 4 heteroatoms. The van der Waals surface area contributed by atoms with Crippen molar-refractivity contribution in [3.63, 3.8) is 0 Å². The number of fused-ring (bicyclic) bond motifs is 2. The number of carbonyl (C=O) groups excluding carboxylic acids is 1. The molecular formula is C13H25N3O. The molecule has 0 spiro atoms. The van der Waals surface area contributed by atoms with E-state index in [2.05, 4.69) is 5.32 Å². The van der Waals surface area contributed by atoms with Gasteiger partial charge in [0.25, 0.3) is 0 Å².